The van der Waals surface area contributed by atoms with Crippen molar-refractivity contribution in [2.45, 2.75) is 19.3 Å². The van der Waals surface area contributed by atoms with E-state index in [4.69, 9.17) is 15.2 Å². The minimum absolute atomic E-state index is 0. The van der Waals surface area contributed by atoms with Crippen molar-refractivity contribution in [1.82, 2.24) is 0 Å². The molecule has 156 valence electrons. The van der Waals surface area contributed by atoms with Crippen LogP contribution in [0.5, 0.6) is 11.5 Å². The van der Waals surface area contributed by atoms with Crippen LogP contribution in [-0.2, 0) is 0 Å². The molecule has 0 bridgehead atoms. The second-order valence-corrected chi connectivity index (χ2v) is 7.35. The van der Waals surface area contributed by atoms with Gasteiger partial charge < -0.3 is 25.4 Å². The van der Waals surface area contributed by atoms with Gasteiger partial charge in [0.25, 0.3) is 0 Å². The summed E-state index contributed by atoms with van der Waals surface area (Å²) in [4.78, 5) is 7.03. The summed E-state index contributed by atoms with van der Waals surface area (Å²) in [5, 5.41) is 3.17. The van der Waals surface area contributed by atoms with E-state index >= 15 is 0 Å². The number of piperidine rings is 1. The Balaban J connectivity index is 0.00000240. The summed E-state index contributed by atoms with van der Waals surface area (Å²) < 4.78 is 11.4. The Bertz CT molecular complexity index is 816. The lowest BCUT2D eigenvalue weighted by molar-refractivity contribution is 0.297. The van der Waals surface area contributed by atoms with Gasteiger partial charge in [0, 0.05) is 43.5 Å². The number of nitrogens with two attached hydrogens (primary N) is 1. The zero-order valence-corrected chi connectivity index (χ0v) is 18.9. The summed E-state index contributed by atoms with van der Waals surface area (Å²) in [7, 11) is 0. The van der Waals surface area contributed by atoms with Crippen LogP contribution in [0.1, 0.15) is 19.3 Å². The number of hydrogen-bond donors (Lipinski definition) is 2. The number of rotatable bonds is 4. The smallest absolute Gasteiger partial charge is 0.193 e. The number of ether oxygens (including phenoxy) is 2. The molecule has 7 heteroatoms. The van der Waals surface area contributed by atoms with Crippen molar-refractivity contribution in [3.63, 3.8) is 0 Å². The standard InChI is InChI=1S/C22H28N4O2.HI/c23-22(25-18-9-10-20-21(14-18)28-13-5-12-27-20)24-15-17-6-4-11-26(16-17)19-7-2-1-3-8-19;/h1-3,7-10,14,17H,4-6,11-13,15-16H2,(H3,23,24,25);1H. The Hall–Kier alpha value is -2.16. The van der Waals surface area contributed by atoms with Crippen LogP contribution in [0.15, 0.2) is 53.5 Å². The number of anilines is 2. The van der Waals surface area contributed by atoms with E-state index in [1.807, 2.05) is 18.2 Å². The number of fused-ring (bicyclic) bond motifs is 1. The van der Waals surface area contributed by atoms with Gasteiger partial charge in [-0.3, -0.25) is 4.99 Å². The molecule has 0 spiro atoms. The largest absolute Gasteiger partial charge is 0.490 e. The minimum atomic E-state index is 0. The van der Waals surface area contributed by atoms with E-state index in [1.54, 1.807) is 0 Å². The van der Waals surface area contributed by atoms with E-state index in [1.165, 1.54) is 18.5 Å². The van der Waals surface area contributed by atoms with Crippen molar-refractivity contribution >= 4 is 41.3 Å². The van der Waals surface area contributed by atoms with Crippen LogP contribution < -0.4 is 25.4 Å². The molecule has 1 atom stereocenters. The van der Waals surface area contributed by atoms with Gasteiger partial charge in [-0.2, -0.15) is 0 Å². The fraction of sp³-hybridized carbons (Fsp3) is 0.409. The van der Waals surface area contributed by atoms with Gasteiger partial charge in [-0.05, 0) is 43.0 Å². The summed E-state index contributed by atoms with van der Waals surface area (Å²) in [5.74, 6) is 2.48. The highest BCUT2D eigenvalue weighted by Gasteiger charge is 2.20. The van der Waals surface area contributed by atoms with Gasteiger partial charge in [-0.25, -0.2) is 0 Å². The van der Waals surface area contributed by atoms with Crippen molar-refractivity contribution in [2.24, 2.45) is 16.6 Å². The van der Waals surface area contributed by atoms with E-state index in [9.17, 15) is 0 Å². The molecule has 4 rings (SSSR count). The van der Waals surface area contributed by atoms with Gasteiger partial charge in [0.1, 0.15) is 0 Å². The molecule has 2 aliphatic heterocycles. The molecule has 6 nitrogen and oxygen atoms in total. The predicted octanol–water partition coefficient (Wildman–Crippen LogP) is 4.11. The van der Waals surface area contributed by atoms with Gasteiger partial charge in [0.2, 0.25) is 0 Å². The molecular formula is C22H29IN4O2. The Labute approximate surface area is 189 Å². The molecule has 0 amide bonds. The number of para-hydroxylation sites is 1. The zero-order valence-electron chi connectivity index (χ0n) is 16.5. The maximum Gasteiger partial charge on any atom is 0.193 e. The first kappa shape index (κ1) is 21.5. The number of benzene rings is 2. The third-order valence-corrected chi connectivity index (χ3v) is 5.18. The van der Waals surface area contributed by atoms with E-state index in [0.29, 0.717) is 25.1 Å². The summed E-state index contributed by atoms with van der Waals surface area (Å²) >= 11 is 0. The number of hydrogen-bond acceptors (Lipinski definition) is 4. The number of halogens is 1. The third kappa shape index (κ3) is 5.91. The van der Waals surface area contributed by atoms with Gasteiger partial charge >= 0.3 is 0 Å². The van der Waals surface area contributed by atoms with Crippen molar-refractivity contribution in [3.05, 3.63) is 48.5 Å². The molecule has 0 saturated carbocycles. The molecule has 2 heterocycles. The molecule has 29 heavy (non-hydrogen) atoms. The molecule has 2 aliphatic rings. The quantitative estimate of drug-likeness (QED) is 0.370. The highest BCUT2D eigenvalue weighted by molar-refractivity contribution is 14.0. The second kappa shape index (κ2) is 10.6. The highest BCUT2D eigenvalue weighted by atomic mass is 127. The molecule has 0 aliphatic carbocycles. The van der Waals surface area contributed by atoms with Crippen LogP contribution in [0.25, 0.3) is 0 Å². The fourth-order valence-corrected chi connectivity index (χ4v) is 3.74. The topological polar surface area (TPSA) is 72.1 Å². The predicted molar refractivity (Wildman–Crippen MR) is 129 cm³/mol. The molecule has 2 aromatic carbocycles. The van der Waals surface area contributed by atoms with Crippen molar-refractivity contribution in [2.75, 3.05) is 43.1 Å². The van der Waals surface area contributed by atoms with Gasteiger partial charge in [-0.15, -0.1) is 24.0 Å². The first-order valence-corrected chi connectivity index (χ1v) is 10.0. The molecule has 1 fully saturated rings. The monoisotopic (exact) mass is 508 g/mol. The minimum Gasteiger partial charge on any atom is -0.490 e. The van der Waals surface area contributed by atoms with Crippen molar-refractivity contribution in [1.29, 1.82) is 0 Å². The number of guanidine groups is 1. The molecule has 1 unspecified atom stereocenters. The first-order chi connectivity index (χ1) is 13.8. The molecular weight excluding hydrogens is 479 g/mol. The number of aliphatic imine (C=N–C) groups is 1. The lowest BCUT2D eigenvalue weighted by Crippen LogP contribution is -2.37. The average Bonchev–Trinajstić information content (AvgIpc) is 2.98. The summed E-state index contributed by atoms with van der Waals surface area (Å²) in [6.45, 7) is 4.21. The van der Waals surface area contributed by atoms with Crippen LogP contribution >= 0.6 is 24.0 Å². The third-order valence-electron chi connectivity index (χ3n) is 5.18. The average molecular weight is 508 g/mol. The normalized spacial score (nSPS) is 19.1. The number of nitrogens with one attached hydrogen (secondary N) is 1. The van der Waals surface area contributed by atoms with E-state index in [2.05, 4.69) is 45.5 Å². The molecule has 0 radical (unpaired) electrons. The lowest BCUT2D eigenvalue weighted by Gasteiger charge is -2.33. The van der Waals surface area contributed by atoms with Crippen LogP contribution in [0.2, 0.25) is 0 Å². The summed E-state index contributed by atoms with van der Waals surface area (Å²) in [6.07, 6.45) is 3.26. The van der Waals surface area contributed by atoms with Crippen LogP contribution in [0.4, 0.5) is 11.4 Å². The Morgan fingerprint density at radius 2 is 1.86 bits per heavy atom. The maximum absolute atomic E-state index is 6.13. The number of nitrogens with zero attached hydrogens (tertiary/aromatic N) is 2. The first-order valence-electron chi connectivity index (χ1n) is 10.0. The second-order valence-electron chi connectivity index (χ2n) is 7.35. The van der Waals surface area contributed by atoms with Gasteiger partial charge in [-0.1, -0.05) is 18.2 Å². The van der Waals surface area contributed by atoms with Crippen molar-refractivity contribution in [3.8, 4) is 11.5 Å². The van der Waals surface area contributed by atoms with E-state index in [-0.39, 0.29) is 24.0 Å². The van der Waals surface area contributed by atoms with Crippen LogP contribution in [0, 0.1) is 5.92 Å². The molecule has 2 aromatic rings. The molecule has 3 N–H and O–H groups in total. The highest BCUT2D eigenvalue weighted by Crippen LogP contribution is 2.32. The van der Waals surface area contributed by atoms with Gasteiger partial charge in [0.05, 0.1) is 13.2 Å². The van der Waals surface area contributed by atoms with Crippen molar-refractivity contribution < 1.29 is 9.47 Å². The van der Waals surface area contributed by atoms with Gasteiger partial charge in [0.15, 0.2) is 17.5 Å². The van der Waals surface area contributed by atoms with Crippen LogP contribution in [-0.4, -0.2) is 38.8 Å². The van der Waals surface area contributed by atoms with E-state index < -0.39 is 0 Å². The zero-order chi connectivity index (χ0) is 19.2. The lowest BCUT2D eigenvalue weighted by atomic mass is 9.97. The Morgan fingerprint density at radius 1 is 1.07 bits per heavy atom. The fourth-order valence-electron chi connectivity index (χ4n) is 3.74. The summed E-state index contributed by atoms with van der Waals surface area (Å²) in [6, 6.07) is 16.4. The Morgan fingerprint density at radius 3 is 2.69 bits per heavy atom. The maximum atomic E-state index is 6.13. The summed E-state index contributed by atoms with van der Waals surface area (Å²) in [5.41, 5.74) is 8.28. The Kier molecular flexibility index (Phi) is 7.85. The van der Waals surface area contributed by atoms with E-state index in [0.717, 1.165) is 43.2 Å². The SMILES string of the molecule is I.NC(=NCC1CCCN(c2ccccc2)C1)Nc1ccc2c(c1)OCCCO2. The van der Waals surface area contributed by atoms with Crippen LogP contribution in [0.3, 0.4) is 0 Å². The molecule has 1 saturated heterocycles. The molecule has 0 aromatic heterocycles.